The van der Waals surface area contributed by atoms with E-state index in [2.05, 4.69) is 25.5 Å². The lowest BCUT2D eigenvalue weighted by Crippen LogP contribution is -2.43. The van der Waals surface area contributed by atoms with Crippen LogP contribution in [0.2, 0.25) is 0 Å². The number of ether oxygens (including phenoxy) is 2. The standard InChI is InChI=1S/C28H29N7O4S/c29-22(21-25(35-13-15-38-16-14-35)40-26(33-21)28(37)11-6-12-28)39-27(30)34-23-24(36)31-19-10-5-4-9-18(19)20(32-23)17-7-2-1-3-8-17/h1-5,7-10,23,29,37H,6,11-16H2,(H2,30,34)(H,31,36). The number of thiazole rings is 1. The number of aromatic nitrogens is 1. The Kier molecular flexibility index (Phi) is 7.05. The fourth-order valence-electron chi connectivity index (χ4n) is 4.85. The summed E-state index contributed by atoms with van der Waals surface area (Å²) in [6, 6.07) is 16.4. The molecule has 3 aromatic rings. The monoisotopic (exact) mass is 559 g/mol. The summed E-state index contributed by atoms with van der Waals surface area (Å²) in [7, 11) is 0. The van der Waals surface area contributed by atoms with Crippen molar-refractivity contribution >= 4 is 45.6 Å². The van der Waals surface area contributed by atoms with Gasteiger partial charge in [-0.05, 0) is 25.3 Å². The van der Waals surface area contributed by atoms with Gasteiger partial charge in [-0.2, -0.15) is 0 Å². The minimum atomic E-state index is -1.18. The van der Waals surface area contributed by atoms with Gasteiger partial charge < -0.3 is 30.1 Å². The van der Waals surface area contributed by atoms with E-state index >= 15 is 0 Å². The van der Waals surface area contributed by atoms with Gasteiger partial charge in [-0.25, -0.2) is 9.98 Å². The van der Waals surface area contributed by atoms with E-state index in [1.54, 1.807) is 6.07 Å². The van der Waals surface area contributed by atoms with E-state index in [-0.39, 0.29) is 11.6 Å². The molecule has 1 atom stereocenters. The van der Waals surface area contributed by atoms with Crippen LogP contribution in [0.3, 0.4) is 0 Å². The van der Waals surface area contributed by atoms with Crippen LogP contribution in [0.5, 0.6) is 0 Å². The van der Waals surface area contributed by atoms with E-state index in [4.69, 9.17) is 20.3 Å². The molecular weight excluding hydrogens is 530 g/mol. The molecule has 11 nitrogen and oxygen atoms in total. The van der Waals surface area contributed by atoms with Gasteiger partial charge in [-0.15, -0.1) is 0 Å². The molecule has 0 spiro atoms. The zero-order valence-electron chi connectivity index (χ0n) is 21.6. The van der Waals surface area contributed by atoms with Gasteiger partial charge in [-0.1, -0.05) is 59.9 Å². The van der Waals surface area contributed by atoms with Gasteiger partial charge in [0.1, 0.15) is 15.6 Å². The summed E-state index contributed by atoms with van der Waals surface area (Å²) in [5, 5.41) is 34.9. The van der Waals surface area contributed by atoms with Gasteiger partial charge in [-0.3, -0.25) is 15.6 Å². The van der Waals surface area contributed by atoms with E-state index in [0.717, 1.165) is 17.5 Å². The molecule has 1 saturated carbocycles. The third kappa shape index (κ3) is 5.08. The van der Waals surface area contributed by atoms with Crippen LogP contribution in [0.15, 0.2) is 59.6 Å². The summed E-state index contributed by atoms with van der Waals surface area (Å²) in [6.45, 7) is 2.33. The fourth-order valence-corrected chi connectivity index (χ4v) is 6.11. The van der Waals surface area contributed by atoms with Crippen LogP contribution in [0.25, 0.3) is 0 Å². The zero-order valence-corrected chi connectivity index (χ0v) is 22.5. The number of benzene rings is 2. The van der Waals surface area contributed by atoms with Gasteiger partial charge in [0.05, 0.1) is 24.6 Å². The summed E-state index contributed by atoms with van der Waals surface area (Å²) < 4.78 is 11.0. The van der Waals surface area contributed by atoms with Gasteiger partial charge in [0, 0.05) is 24.2 Å². The Bertz CT molecular complexity index is 1480. The maximum absolute atomic E-state index is 13.1. The second-order valence-electron chi connectivity index (χ2n) is 9.84. The quantitative estimate of drug-likeness (QED) is 0.238. The third-order valence-electron chi connectivity index (χ3n) is 7.17. The largest absolute Gasteiger partial charge is 0.405 e. The Morgan fingerprint density at radius 2 is 1.85 bits per heavy atom. The van der Waals surface area contributed by atoms with Crippen molar-refractivity contribution in [2.75, 3.05) is 36.5 Å². The summed E-state index contributed by atoms with van der Waals surface area (Å²) in [5.74, 6) is -0.815. The molecule has 12 heteroatoms. The second-order valence-corrected chi connectivity index (χ2v) is 10.8. The number of aliphatic hydroxyl groups is 1. The molecule has 0 radical (unpaired) electrons. The normalized spacial score (nSPS) is 19.8. The number of aliphatic imine (C=N–C) groups is 1. The third-order valence-corrected chi connectivity index (χ3v) is 8.48. The molecule has 3 heterocycles. The molecule has 5 N–H and O–H groups in total. The van der Waals surface area contributed by atoms with Gasteiger partial charge in [0.2, 0.25) is 12.1 Å². The van der Waals surface area contributed by atoms with Crippen LogP contribution >= 0.6 is 11.3 Å². The zero-order chi connectivity index (χ0) is 27.7. The molecule has 40 heavy (non-hydrogen) atoms. The summed E-state index contributed by atoms with van der Waals surface area (Å²) in [4.78, 5) is 24.4. The first-order valence-electron chi connectivity index (χ1n) is 13.1. The SMILES string of the molecule is N=C(NC1N=C(c2ccccc2)c2ccccc2NC1=O)OC(=N)c1nc(C2(O)CCC2)sc1N1CCOCC1. The molecule has 6 rings (SSSR count). The van der Waals surface area contributed by atoms with Crippen LogP contribution in [0, 0.1) is 10.8 Å². The minimum absolute atomic E-state index is 0.250. The number of morpholine rings is 1. The highest BCUT2D eigenvalue weighted by Crippen LogP contribution is 2.45. The van der Waals surface area contributed by atoms with Crippen LogP contribution in [0.1, 0.15) is 41.1 Å². The van der Waals surface area contributed by atoms with Crippen LogP contribution in [0.4, 0.5) is 10.7 Å². The average Bonchev–Trinajstić information content (AvgIpc) is 3.36. The molecule has 1 aromatic heterocycles. The van der Waals surface area contributed by atoms with E-state index in [1.165, 1.54) is 11.3 Å². The number of anilines is 2. The number of nitrogens with zero attached hydrogens (tertiary/aromatic N) is 3. The highest BCUT2D eigenvalue weighted by molar-refractivity contribution is 7.16. The Hall–Kier alpha value is -4.13. The molecule has 1 aliphatic carbocycles. The number of fused-ring (bicyclic) bond motifs is 1. The lowest BCUT2D eigenvalue weighted by molar-refractivity contribution is -0.117. The van der Waals surface area contributed by atoms with Crippen molar-refractivity contribution < 1.29 is 19.4 Å². The Balaban J connectivity index is 1.24. The minimum Gasteiger partial charge on any atom is -0.405 e. The molecular formula is C28H29N7O4S. The highest BCUT2D eigenvalue weighted by atomic mass is 32.1. The van der Waals surface area contributed by atoms with E-state index in [9.17, 15) is 9.90 Å². The summed E-state index contributed by atoms with van der Waals surface area (Å²) in [5.41, 5.74) is 2.02. The predicted octanol–water partition coefficient (Wildman–Crippen LogP) is 3.03. The Labute approximate surface area is 234 Å². The molecule has 206 valence electrons. The molecule has 1 unspecified atom stereocenters. The molecule has 2 aromatic carbocycles. The van der Waals surface area contributed by atoms with E-state index in [0.29, 0.717) is 60.6 Å². The fraction of sp³-hybridized carbons (Fsp3) is 0.321. The van der Waals surface area contributed by atoms with Crippen molar-refractivity contribution in [3.05, 3.63) is 76.4 Å². The number of carbonyl (C=O) groups excluding carboxylic acids is 1. The first-order valence-corrected chi connectivity index (χ1v) is 13.9. The number of nitrogens with one attached hydrogen (secondary N) is 4. The van der Waals surface area contributed by atoms with Crippen LogP contribution in [-0.2, 0) is 19.9 Å². The van der Waals surface area contributed by atoms with Gasteiger partial charge in [0.15, 0.2) is 5.69 Å². The van der Waals surface area contributed by atoms with Crippen molar-refractivity contribution in [1.29, 1.82) is 10.8 Å². The number of amidine groups is 1. The van der Waals surface area contributed by atoms with E-state index < -0.39 is 23.7 Å². The summed E-state index contributed by atoms with van der Waals surface area (Å²) >= 11 is 1.35. The number of carbonyl (C=O) groups is 1. The highest BCUT2D eigenvalue weighted by Gasteiger charge is 2.41. The number of rotatable bonds is 5. The van der Waals surface area contributed by atoms with Crippen molar-refractivity contribution in [3.8, 4) is 0 Å². The van der Waals surface area contributed by atoms with Gasteiger partial charge >= 0.3 is 0 Å². The van der Waals surface area contributed by atoms with Crippen LogP contribution in [-0.4, -0.2) is 66.1 Å². The average molecular weight is 560 g/mol. The Morgan fingerprint density at radius 1 is 1.12 bits per heavy atom. The molecule has 2 fully saturated rings. The Morgan fingerprint density at radius 3 is 2.58 bits per heavy atom. The van der Waals surface area contributed by atoms with Crippen molar-refractivity contribution in [3.63, 3.8) is 0 Å². The molecule has 2 aliphatic heterocycles. The molecule has 1 saturated heterocycles. The molecule has 1 amide bonds. The smallest absolute Gasteiger partial charge is 0.290 e. The van der Waals surface area contributed by atoms with Crippen molar-refractivity contribution in [2.24, 2.45) is 4.99 Å². The number of hydrogen-bond acceptors (Lipinski definition) is 10. The number of amides is 1. The van der Waals surface area contributed by atoms with Crippen molar-refractivity contribution in [2.45, 2.75) is 31.0 Å². The number of hydrogen-bond donors (Lipinski definition) is 5. The molecule has 3 aliphatic rings. The van der Waals surface area contributed by atoms with Crippen LogP contribution < -0.4 is 15.5 Å². The summed E-state index contributed by atoms with van der Waals surface area (Å²) in [6.07, 6.45) is 0.979. The number of benzodiazepines with no additional fused rings is 1. The number of para-hydroxylation sites is 1. The maximum Gasteiger partial charge on any atom is 0.290 e. The van der Waals surface area contributed by atoms with Gasteiger partial charge in [0.25, 0.3) is 11.9 Å². The second kappa shape index (κ2) is 10.8. The lowest BCUT2D eigenvalue weighted by Gasteiger charge is -2.34. The first kappa shape index (κ1) is 26.1. The van der Waals surface area contributed by atoms with Crippen molar-refractivity contribution in [1.82, 2.24) is 10.3 Å². The first-order chi connectivity index (χ1) is 19.4. The lowest BCUT2D eigenvalue weighted by atomic mass is 9.81. The van der Waals surface area contributed by atoms with E-state index in [1.807, 2.05) is 48.5 Å². The maximum atomic E-state index is 13.1. The predicted molar refractivity (Wildman–Crippen MR) is 153 cm³/mol. The topological polar surface area (TPSA) is 156 Å². The molecule has 0 bridgehead atoms.